The van der Waals surface area contributed by atoms with Crippen molar-refractivity contribution in [3.63, 3.8) is 0 Å². The van der Waals surface area contributed by atoms with Crippen molar-refractivity contribution >= 4 is 45.8 Å². The van der Waals surface area contributed by atoms with Gasteiger partial charge in [0, 0.05) is 115 Å². The molecule has 0 aliphatic carbocycles. The van der Waals surface area contributed by atoms with Gasteiger partial charge in [0.05, 0.1) is 0 Å². The Morgan fingerprint density at radius 1 is 0.980 bits per heavy atom. The first-order valence-corrected chi connectivity index (χ1v) is 18.1. The summed E-state index contributed by atoms with van der Waals surface area (Å²) in [6.45, 7) is 18.7. The second-order valence-electron chi connectivity index (χ2n) is 13.6. The number of benzene rings is 3. The van der Waals surface area contributed by atoms with Crippen LogP contribution in [0.2, 0.25) is 0 Å². The van der Waals surface area contributed by atoms with E-state index in [1.165, 1.54) is 11.1 Å². The van der Waals surface area contributed by atoms with Crippen LogP contribution in [0.3, 0.4) is 0 Å². The lowest BCUT2D eigenvalue weighted by molar-refractivity contribution is 0.151. The van der Waals surface area contributed by atoms with Crippen molar-refractivity contribution < 1.29 is 8.78 Å². The standard InChI is InChI=1S/C41H52F2N8/c1-6-50(7-2)14-13-44-28(3)32-21-36(46-27-32)24-39-29(4)47-40-25-35(11-12-38(39)40)48-34-10-8-9-33(23-34)45-26-30-19-31(41(42)43)22-37(20-30)51-17-15-49(5)16-18-51/h8-12,19-25,27,29,41,44-48H,3,6-7,13-18,26H2,1-2,4-5H3/b39-24+/t29-/m0/s1. The molecule has 8 nitrogen and oxygen atoms in total. The molecular formula is C41H52F2N8. The third kappa shape index (κ3) is 9.11. The van der Waals surface area contributed by atoms with Crippen molar-refractivity contribution in [2.24, 2.45) is 0 Å². The monoisotopic (exact) mass is 694 g/mol. The quantitative estimate of drug-likeness (QED) is 0.0858. The molecule has 6 rings (SSSR count). The summed E-state index contributed by atoms with van der Waals surface area (Å²) in [7, 11) is 2.09. The first-order valence-electron chi connectivity index (χ1n) is 18.1. The third-order valence-corrected chi connectivity index (χ3v) is 9.96. The van der Waals surface area contributed by atoms with E-state index in [9.17, 15) is 8.78 Å². The molecule has 2 aliphatic rings. The molecule has 0 unspecified atom stereocenters. The number of aromatic nitrogens is 1. The van der Waals surface area contributed by atoms with Gasteiger partial charge in [-0.3, -0.25) is 0 Å². The number of nitrogens with one attached hydrogen (secondary N) is 5. The number of H-pyrrole nitrogens is 1. The van der Waals surface area contributed by atoms with Gasteiger partial charge in [-0.25, -0.2) is 8.78 Å². The Morgan fingerprint density at radius 2 is 1.75 bits per heavy atom. The Balaban J connectivity index is 1.08. The lowest BCUT2D eigenvalue weighted by atomic mass is 10.0. The van der Waals surface area contributed by atoms with Crippen molar-refractivity contribution in [3.05, 3.63) is 107 Å². The molecule has 51 heavy (non-hydrogen) atoms. The van der Waals surface area contributed by atoms with Gasteiger partial charge in [-0.1, -0.05) is 32.6 Å². The lowest BCUT2D eigenvalue weighted by Gasteiger charge is -2.34. The molecule has 1 saturated heterocycles. The number of piperazine rings is 1. The van der Waals surface area contributed by atoms with Crippen molar-refractivity contribution in [3.8, 4) is 0 Å². The predicted molar refractivity (Wildman–Crippen MR) is 211 cm³/mol. The van der Waals surface area contributed by atoms with Gasteiger partial charge in [-0.05, 0) is 98.9 Å². The molecule has 3 aromatic carbocycles. The zero-order valence-corrected chi connectivity index (χ0v) is 30.3. The molecule has 0 spiro atoms. The number of halogens is 2. The predicted octanol–water partition coefficient (Wildman–Crippen LogP) is 8.32. The Kier molecular flexibility index (Phi) is 11.6. The first-order chi connectivity index (χ1) is 24.7. The Morgan fingerprint density at radius 3 is 2.51 bits per heavy atom. The number of nitrogens with zero attached hydrogens (tertiary/aromatic N) is 3. The average molecular weight is 695 g/mol. The first kappa shape index (κ1) is 36.0. The van der Waals surface area contributed by atoms with Crippen LogP contribution in [0.1, 0.15) is 55.1 Å². The van der Waals surface area contributed by atoms with Crippen LogP contribution >= 0.6 is 0 Å². The van der Waals surface area contributed by atoms with Crippen LogP contribution in [-0.4, -0.2) is 80.2 Å². The summed E-state index contributed by atoms with van der Waals surface area (Å²) in [5, 5.41) is 14.1. The van der Waals surface area contributed by atoms with Gasteiger partial charge in [0.15, 0.2) is 0 Å². The maximum atomic E-state index is 13.8. The molecule has 0 amide bonds. The van der Waals surface area contributed by atoms with Gasteiger partial charge in [-0.2, -0.15) is 0 Å². The Hall–Kier alpha value is -4.80. The number of hydrogen-bond donors (Lipinski definition) is 5. The highest BCUT2D eigenvalue weighted by molar-refractivity contribution is 5.95. The molecule has 270 valence electrons. The van der Waals surface area contributed by atoms with Crippen molar-refractivity contribution in [1.82, 2.24) is 20.1 Å². The molecule has 1 atom stereocenters. The van der Waals surface area contributed by atoms with Crippen LogP contribution in [-0.2, 0) is 6.54 Å². The van der Waals surface area contributed by atoms with E-state index in [1.54, 1.807) is 12.1 Å². The largest absolute Gasteiger partial charge is 0.384 e. The van der Waals surface area contributed by atoms with Gasteiger partial charge in [-0.15, -0.1) is 0 Å². The van der Waals surface area contributed by atoms with E-state index in [4.69, 9.17) is 0 Å². The van der Waals surface area contributed by atoms with Crippen LogP contribution in [0.4, 0.5) is 37.2 Å². The zero-order valence-electron chi connectivity index (χ0n) is 30.3. The van der Waals surface area contributed by atoms with Gasteiger partial charge < -0.3 is 41.0 Å². The fourth-order valence-electron chi connectivity index (χ4n) is 6.84. The van der Waals surface area contributed by atoms with Crippen LogP contribution in [0, 0.1) is 0 Å². The Labute approximate surface area is 301 Å². The number of anilines is 5. The zero-order chi connectivity index (χ0) is 35.9. The van der Waals surface area contributed by atoms with E-state index in [1.807, 2.05) is 36.5 Å². The highest BCUT2D eigenvalue weighted by atomic mass is 19.3. The Bertz CT molecular complexity index is 1820. The molecular weight excluding hydrogens is 643 g/mol. The average Bonchev–Trinajstić information content (AvgIpc) is 3.73. The maximum Gasteiger partial charge on any atom is 0.263 e. The third-order valence-electron chi connectivity index (χ3n) is 9.96. The molecule has 0 saturated carbocycles. The van der Waals surface area contributed by atoms with E-state index in [-0.39, 0.29) is 11.6 Å². The van der Waals surface area contributed by atoms with Gasteiger partial charge in [0.25, 0.3) is 6.43 Å². The molecule has 0 radical (unpaired) electrons. The van der Waals surface area contributed by atoms with Crippen LogP contribution in [0.15, 0.2) is 79.5 Å². The minimum absolute atomic E-state index is 0.0638. The van der Waals surface area contributed by atoms with E-state index >= 15 is 0 Å². The molecule has 1 fully saturated rings. The molecule has 4 aromatic rings. The maximum absolute atomic E-state index is 13.8. The van der Waals surface area contributed by atoms with Crippen LogP contribution < -0.4 is 26.2 Å². The minimum Gasteiger partial charge on any atom is -0.384 e. The summed E-state index contributed by atoms with van der Waals surface area (Å²) in [6.07, 6.45) is 1.71. The molecule has 0 bridgehead atoms. The van der Waals surface area contributed by atoms with Crippen molar-refractivity contribution in [1.29, 1.82) is 0 Å². The number of alkyl halides is 2. The summed E-state index contributed by atoms with van der Waals surface area (Å²) in [6, 6.07) is 22.0. The summed E-state index contributed by atoms with van der Waals surface area (Å²) >= 11 is 0. The summed E-state index contributed by atoms with van der Waals surface area (Å²) in [5.74, 6) is 0. The molecule has 10 heteroatoms. The molecule has 1 aromatic heterocycles. The summed E-state index contributed by atoms with van der Waals surface area (Å²) in [5.41, 5.74) is 11.1. The number of hydrogen-bond acceptors (Lipinski definition) is 7. The number of likely N-dealkylation sites (N-methyl/N-ethyl adjacent to an activating group) is 2. The molecule has 5 N–H and O–H groups in total. The van der Waals surface area contributed by atoms with Crippen molar-refractivity contribution in [2.45, 2.75) is 39.8 Å². The normalized spacial score (nSPS) is 16.8. The fraction of sp³-hybridized carbons (Fsp3) is 0.366. The number of fused-ring (bicyclic) bond motifs is 1. The molecule has 2 aliphatic heterocycles. The second kappa shape index (κ2) is 16.5. The number of aromatic amines is 1. The van der Waals surface area contributed by atoms with Crippen LogP contribution in [0.25, 0.3) is 17.3 Å². The van der Waals surface area contributed by atoms with E-state index in [0.717, 1.165) is 103 Å². The topological polar surface area (TPSA) is 73.6 Å². The number of rotatable bonds is 15. The fourth-order valence-corrected chi connectivity index (χ4v) is 6.84. The smallest absolute Gasteiger partial charge is 0.263 e. The van der Waals surface area contributed by atoms with E-state index < -0.39 is 6.43 Å². The second-order valence-corrected chi connectivity index (χ2v) is 13.6. The van der Waals surface area contributed by atoms with Gasteiger partial charge in [0.1, 0.15) is 0 Å². The van der Waals surface area contributed by atoms with Gasteiger partial charge in [0.2, 0.25) is 0 Å². The highest BCUT2D eigenvalue weighted by Gasteiger charge is 2.23. The lowest BCUT2D eigenvalue weighted by Crippen LogP contribution is -2.44. The molecule has 3 heterocycles. The summed E-state index contributed by atoms with van der Waals surface area (Å²) in [4.78, 5) is 10.3. The van der Waals surface area contributed by atoms with Crippen LogP contribution in [0.5, 0.6) is 0 Å². The van der Waals surface area contributed by atoms with Gasteiger partial charge >= 0.3 is 0 Å². The van der Waals surface area contributed by atoms with E-state index in [2.05, 4.69) is 106 Å². The minimum atomic E-state index is -2.51. The highest BCUT2D eigenvalue weighted by Crippen LogP contribution is 2.39. The van der Waals surface area contributed by atoms with Crippen molar-refractivity contribution in [2.75, 3.05) is 80.3 Å². The van der Waals surface area contributed by atoms with E-state index in [0.29, 0.717) is 6.54 Å². The summed E-state index contributed by atoms with van der Waals surface area (Å²) < 4.78 is 27.7. The SMILES string of the molecule is C=C(NCCN(CC)CC)c1c[nH]c(/C=C2/c3ccc(Nc4cccc(NCc5cc(C(F)F)cc(N6CCN(C)CC6)c5)c4)cc3N[C@H]2C)c1.